The van der Waals surface area contributed by atoms with Gasteiger partial charge in [-0.2, -0.15) is 0 Å². The van der Waals surface area contributed by atoms with Crippen molar-refractivity contribution < 1.29 is 23.2 Å². The summed E-state index contributed by atoms with van der Waals surface area (Å²) in [5.74, 6) is -0.0871. The first-order valence-corrected chi connectivity index (χ1v) is 15.1. The number of rotatable bonds is 8. The number of benzene rings is 1. The molecule has 1 aromatic carbocycles. The summed E-state index contributed by atoms with van der Waals surface area (Å²) < 4.78 is 15.8. The normalized spacial score (nSPS) is 20.4. The molecule has 40 heavy (non-hydrogen) atoms. The van der Waals surface area contributed by atoms with Crippen LogP contribution in [-0.2, 0) is 22.6 Å². The first-order valence-electron chi connectivity index (χ1n) is 14.3. The van der Waals surface area contributed by atoms with Crippen LogP contribution in [0.3, 0.4) is 0 Å². The van der Waals surface area contributed by atoms with Crippen molar-refractivity contribution in [2.24, 2.45) is 11.8 Å². The molecule has 1 saturated carbocycles. The molecule has 3 heterocycles. The summed E-state index contributed by atoms with van der Waals surface area (Å²) in [6.07, 6.45) is 5.96. The van der Waals surface area contributed by atoms with E-state index in [1.165, 1.54) is 11.3 Å². The van der Waals surface area contributed by atoms with Gasteiger partial charge < -0.3 is 23.4 Å². The molecule has 2 aromatic heterocycles. The number of anilines is 1. The molecule has 1 saturated heterocycles. The third-order valence-electron chi connectivity index (χ3n) is 8.25. The summed E-state index contributed by atoms with van der Waals surface area (Å²) in [6, 6.07) is 11.9. The van der Waals surface area contributed by atoms with Crippen LogP contribution in [0.25, 0.3) is 10.4 Å². The Kier molecular flexibility index (Phi) is 8.90. The van der Waals surface area contributed by atoms with E-state index in [1.54, 1.807) is 0 Å². The maximum absolute atomic E-state index is 14.3. The van der Waals surface area contributed by atoms with Crippen molar-refractivity contribution in [1.82, 2.24) is 4.90 Å². The number of hydrogen-bond acceptors (Lipinski definition) is 8. The minimum absolute atomic E-state index is 0.00594. The number of likely N-dealkylation sites (tertiary alicyclic amines) is 1. The Labute approximate surface area is 238 Å². The molecule has 1 amide bonds. The molecule has 2 fully saturated rings. The van der Waals surface area contributed by atoms with Crippen molar-refractivity contribution in [3.63, 3.8) is 0 Å². The standard InChI is InChI=1S/C31H38N2O6S/c1-4-25-26(39-31(36)38-25)19-37-30(35)28-24(18-27(40-28)21-8-6-5-7-9-21)33(23-14-16-32(3)17-15-23)29(34)22-12-10-20(2)11-13-22/h5-9,18,20,22-23H,4,10-17,19H2,1-3H3. The fraction of sp³-hybridized carbons (Fsp3) is 0.516. The van der Waals surface area contributed by atoms with Crippen molar-refractivity contribution in [1.29, 1.82) is 0 Å². The van der Waals surface area contributed by atoms with E-state index in [1.807, 2.05) is 48.2 Å². The molecule has 0 radical (unpaired) electrons. The summed E-state index contributed by atoms with van der Waals surface area (Å²) in [4.78, 5) is 45.1. The lowest BCUT2D eigenvalue weighted by Gasteiger charge is -2.40. The number of carbonyl (C=O) groups excluding carboxylic acids is 2. The fourth-order valence-corrected chi connectivity index (χ4v) is 6.86. The summed E-state index contributed by atoms with van der Waals surface area (Å²) >= 11 is 1.33. The molecule has 214 valence electrons. The van der Waals surface area contributed by atoms with Crippen LogP contribution < -0.4 is 10.7 Å². The van der Waals surface area contributed by atoms with E-state index < -0.39 is 11.8 Å². The molecule has 3 aromatic rings. The van der Waals surface area contributed by atoms with E-state index >= 15 is 0 Å². The predicted octanol–water partition coefficient (Wildman–Crippen LogP) is 6.13. The Bertz CT molecular complexity index is 1360. The van der Waals surface area contributed by atoms with Gasteiger partial charge in [-0.3, -0.25) is 4.79 Å². The smallest absolute Gasteiger partial charge is 0.453 e. The highest BCUT2D eigenvalue weighted by molar-refractivity contribution is 7.18. The third-order valence-corrected chi connectivity index (χ3v) is 9.40. The largest absolute Gasteiger partial charge is 0.519 e. The van der Waals surface area contributed by atoms with E-state index in [0.29, 0.717) is 28.7 Å². The zero-order valence-electron chi connectivity index (χ0n) is 23.5. The Morgan fingerprint density at radius 3 is 2.38 bits per heavy atom. The summed E-state index contributed by atoms with van der Waals surface area (Å²) in [7, 11) is 2.10. The van der Waals surface area contributed by atoms with Crippen molar-refractivity contribution >= 4 is 28.9 Å². The van der Waals surface area contributed by atoms with Gasteiger partial charge in [-0.25, -0.2) is 9.59 Å². The second kappa shape index (κ2) is 12.6. The zero-order chi connectivity index (χ0) is 28.2. The number of nitrogens with zero attached hydrogens (tertiary/aromatic N) is 2. The number of amides is 1. The lowest BCUT2D eigenvalue weighted by atomic mass is 9.82. The quantitative estimate of drug-likeness (QED) is 0.303. The van der Waals surface area contributed by atoms with Crippen molar-refractivity contribution in [3.05, 3.63) is 63.4 Å². The van der Waals surface area contributed by atoms with Gasteiger partial charge in [0, 0.05) is 23.3 Å². The molecule has 0 atom stereocenters. The number of ether oxygens (including phenoxy) is 1. The zero-order valence-corrected chi connectivity index (χ0v) is 24.3. The van der Waals surface area contributed by atoms with Gasteiger partial charge >= 0.3 is 11.8 Å². The monoisotopic (exact) mass is 566 g/mol. The highest BCUT2D eigenvalue weighted by Crippen LogP contribution is 2.41. The van der Waals surface area contributed by atoms with Crippen LogP contribution in [0, 0.1) is 11.8 Å². The van der Waals surface area contributed by atoms with E-state index in [2.05, 4.69) is 18.9 Å². The van der Waals surface area contributed by atoms with Gasteiger partial charge in [0.25, 0.3) is 0 Å². The molecule has 0 N–H and O–H groups in total. The number of piperidine rings is 1. The molecule has 0 bridgehead atoms. The minimum Gasteiger partial charge on any atom is -0.453 e. The predicted molar refractivity (Wildman–Crippen MR) is 155 cm³/mol. The topological polar surface area (TPSA) is 93.2 Å². The molecule has 0 spiro atoms. The van der Waals surface area contributed by atoms with Crippen LogP contribution in [-0.4, -0.2) is 43.0 Å². The van der Waals surface area contributed by atoms with Crippen molar-refractivity contribution in [2.45, 2.75) is 71.4 Å². The first-order chi connectivity index (χ1) is 19.3. The lowest BCUT2D eigenvalue weighted by molar-refractivity contribution is -0.124. The molecular formula is C31H38N2O6S. The molecule has 9 heteroatoms. The number of carbonyl (C=O) groups is 2. The van der Waals surface area contributed by atoms with Gasteiger partial charge in [0.2, 0.25) is 5.91 Å². The second-order valence-corrected chi connectivity index (χ2v) is 12.2. The maximum Gasteiger partial charge on any atom is 0.519 e. The number of hydrogen-bond donors (Lipinski definition) is 0. The van der Waals surface area contributed by atoms with E-state index in [0.717, 1.165) is 62.1 Å². The Morgan fingerprint density at radius 2 is 1.70 bits per heavy atom. The van der Waals surface area contributed by atoms with E-state index in [9.17, 15) is 14.4 Å². The van der Waals surface area contributed by atoms with Crippen molar-refractivity contribution in [2.75, 3.05) is 25.0 Å². The number of thiophene rings is 1. The molecular weight excluding hydrogens is 528 g/mol. The summed E-state index contributed by atoms with van der Waals surface area (Å²) in [6.45, 7) is 5.66. The van der Waals surface area contributed by atoms with Crippen LogP contribution in [0.15, 0.2) is 50.0 Å². The fourth-order valence-electron chi connectivity index (χ4n) is 5.82. The molecule has 8 nitrogen and oxygen atoms in total. The van der Waals surface area contributed by atoms with Crippen LogP contribution in [0.4, 0.5) is 5.69 Å². The van der Waals surface area contributed by atoms with Crippen LogP contribution in [0.2, 0.25) is 0 Å². The Hall–Kier alpha value is -3.17. The second-order valence-electron chi connectivity index (χ2n) is 11.1. The molecule has 5 rings (SSSR count). The summed E-state index contributed by atoms with van der Waals surface area (Å²) in [5, 5.41) is 0. The van der Waals surface area contributed by atoms with Crippen molar-refractivity contribution in [3.8, 4) is 10.4 Å². The van der Waals surface area contributed by atoms with Gasteiger partial charge in [-0.1, -0.05) is 44.2 Å². The van der Waals surface area contributed by atoms with Gasteiger partial charge in [0.05, 0.1) is 5.69 Å². The van der Waals surface area contributed by atoms with Gasteiger partial charge in [0.15, 0.2) is 18.1 Å². The Morgan fingerprint density at radius 1 is 1.02 bits per heavy atom. The highest BCUT2D eigenvalue weighted by atomic mass is 32.1. The van der Waals surface area contributed by atoms with E-state index in [-0.39, 0.29) is 30.2 Å². The molecule has 1 aliphatic carbocycles. The van der Waals surface area contributed by atoms with Crippen LogP contribution in [0.1, 0.15) is 73.6 Å². The number of aryl methyl sites for hydroxylation is 1. The van der Waals surface area contributed by atoms with Crippen LogP contribution in [0.5, 0.6) is 0 Å². The third kappa shape index (κ3) is 6.25. The van der Waals surface area contributed by atoms with Gasteiger partial charge in [0.1, 0.15) is 4.88 Å². The maximum atomic E-state index is 14.3. The average Bonchev–Trinajstić information content (AvgIpc) is 3.57. The molecule has 0 unspecified atom stereocenters. The Balaban J connectivity index is 1.52. The SMILES string of the molecule is CCc1oc(=O)oc1COC(=O)c1sc(-c2ccccc2)cc1N(C(=O)C1CCC(C)CC1)C1CCN(C)CC1. The highest BCUT2D eigenvalue weighted by Gasteiger charge is 2.37. The lowest BCUT2D eigenvalue weighted by Crippen LogP contribution is -2.49. The van der Waals surface area contributed by atoms with E-state index in [4.69, 9.17) is 13.6 Å². The van der Waals surface area contributed by atoms with Crippen LogP contribution >= 0.6 is 11.3 Å². The first kappa shape index (κ1) is 28.4. The summed E-state index contributed by atoms with van der Waals surface area (Å²) in [5.41, 5.74) is 1.60. The molecule has 1 aliphatic heterocycles. The average molecular weight is 567 g/mol. The number of esters is 1. The van der Waals surface area contributed by atoms with Gasteiger partial charge in [-0.05, 0) is 76.2 Å². The molecule has 2 aliphatic rings. The minimum atomic E-state index is -0.813. The van der Waals surface area contributed by atoms with Gasteiger partial charge in [-0.15, -0.1) is 11.3 Å².